The third-order valence-corrected chi connectivity index (χ3v) is 8.88. The van der Waals surface area contributed by atoms with E-state index in [1.807, 2.05) is 12.1 Å². The molecule has 0 aliphatic rings. The summed E-state index contributed by atoms with van der Waals surface area (Å²) < 4.78 is 12.1. The van der Waals surface area contributed by atoms with Crippen LogP contribution >= 0.6 is 0 Å². The molecule has 0 saturated heterocycles. The highest BCUT2D eigenvalue weighted by molar-refractivity contribution is 5.60. The molecular weight excluding hydrogens is 696 g/mol. The maximum atomic E-state index is 11.5. The topological polar surface area (TPSA) is 221 Å². The van der Waals surface area contributed by atoms with Crippen LogP contribution in [0.3, 0.4) is 0 Å². The van der Waals surface area contributed by atoms with Gasteiger partial charge in [-0.05, 0) is 133 Å². The molecule has 6 aromatic carbocycles. The standard InChI is InChI=1S/C42H38O12/c43-29-5-1-3-23(13-29)9-11-27-19-37(33(47)21-31(27)45)53-39-17-26(8-7-25-15-35(49)41(51)36(50)16-25)18-40(42(39)52)54-38-20-28(32(46)22-34(38)48)12-10-24-4-2-6-30(44)14-24/h1-6,13-22,43-52H,7-12H2. The molecule has 0 aromatic heterocycles. The van der Waals surface area contributed by atoms with E-state index in [2.05, 4.69) is 0 Å². The molecule has 54 heavy (non-hydrogen) atoms. The molecule has 12 nitrogen and oxygen atoms in total. The lowest BCUT2D eigenvalue weighted by molar-refractivity contribution is 0.355. The summed E-state index contributed by atoms with van der Waals surface area (Å²) in [6, 6.07) is 24.0. The monoisotopic (exact) mass is 734 g/mol. The van der Waals surface area contributed by atoms with Crippen molar-refractivity contribution in [3.05, 3.63) is 130 Å². The molecule has 0 aliphatic carbocycles. The summed E-state index contributed by atoms with van der Waals surface area (Å²) >= 11 is 0. The van der Waals surface area contributed by atoms with Gasteiger partial charge in [-0.15, -0.1) is 0 Å². The van der Waals surface area contributed by atoms with Crippen molar-refractivity contribution in [1.29, 1.82) is 0 Å². The zero-order valence-electron chi connectivity index (χ0n) is 28.8. The zero-order valence-corrected chi connectivity index (χ0v) is 28.8. The van der Waals surface area contributed by atoms with Crippen LogP contribution in [-0.2, 0) is 38.5 Å². The number of rotatable bonds is 13. The molecule has 6 aromatic rings. The first-order chi connectivity index (χ1) is 25.8. The van der Waals surface area contributed by atoms with Crippen molar-refractivity contribution in [2.24, 2.45) is 0 Å². The number of ether oxygens (including phenoxy) is 2. The SMILES string of the molecule is Oc1cccc(CCc2cc(Oc3cc(CCc4cc(O)c(O)c(O)c4)cc(Oc4cc(CCc5cccc(O)c5)c(O)cc4O)c3O)c(O)cc2O)c1. The maximum Gasteiger partial charge on any atom is 0.202 e. The van der Waals surface area contributed by atoms with E-state index in [-0.39, 0.29) is 58.8 Å². The second-order valence-electron chi connectivity index (χ2n) is 12.9. The smallest absolute Gasteiger partial charge is 0.202 e. The molecule has 0 heterocycles. The third kappa shape index (κ3) is 8.68. The van der Waals surface area contributed by atoms with E-state index in [9.17, 15) is 51.1 Å². The van der Waals surface area contributed by atoms with Crippen LogP contribution in [0.15, 0.2) is 97.1 Å². The molecule has 12 heteroatoms. The van der Waals surface area contributed by atoms with Gasteiger partial charge in [-0.1, -0.05) is 24.3 Å². The average molecular weight is 735 g/mol. The molecule has 6 rings (SSSR count). The van der Waals surface area contributed by atoms with Crippen LogP contribution in [0.5, 0.6) is 80.5 Å². The average Bonchev–Trinajstić information content (AvgIpc) is 3.12. The largest absolute Gasteiger partial charge is 0.508 e. The van der Waals surface area contributed by atoms with Gasteiger partial charge in [0, 0.05) is 12.1 Å². The van der Waals surface area contributed by atoms with Crippen molar-refractivity contribution in [1.82, 2.24) is 0 Å². The number of hydrogen-bond acceptors (Lipinski definition) is 12. The summed E-state index contributed by atoms with van der Waals surface area (Å²) in [5.41, 5.74) is 3.44. The molecule has 0 bridgehead atoms. The Morgan fingerprint density at radius 3 is 1.15 bits per heavy atom. The minimum atomic E-state index is -0.653. The van der Waals surface area contributed by atoms with E-state index < -0.39 is 34.5 Å². The normalized spacial score (nSPS) is 11.0. The number of aryl methyl sites for hydroxylation is 6. The first-order valence-corrected chi connectivity index (χ1v) is 16.9. The molecule has 0 radical (unpaired) electrons. The van der Waals surface area contributed by atoms with Crippen LogP contribution in [0.2, 0.25) is 0 Å². The Bertz CT molecular complexity index is 2170. The van der Waals surface area contributed by atoms with Crippen LogP contribution < -0.4 is 9.47 Å². The van der Waals surface area contributed by atoms with Gasteiger partial charge in [-0.25, -0.2) is 0 Å². The Kier molecular flexibility index (Phi) is 10.6. The van der Waals surface area contributed by atoms with Crippen LogP contribution in [0.25, 0.3) is 0 Å². The highest BCUT2D eigenvalue weighted by Crippen LogP contribution is 2.47. The molecule has 0 aliphatic heterocycles. The Hall–Kier alpha value is -7.08. The molecular formula is C42H38O12. The summed E-state index contributed by atoms with van der Waals surface area (Å²) in [5, 5.41) is 104. The lowest BCUT2D eigenvalue weighted by Gasteiger charge is -2.17. The van der Waals surface area contributed by atoms with Gasteiger partial charge in [0.1, 0.15) is 23.0 Å². The van der Waals surface area contributed by atoms with E-state index in [1.54, 1.807) is 36.4 Å². The number of benzene rings is 6. The zero-order chi connectivity index (χ0) is 38.5. The fourth-order valence-corrected chi connectivity index (χ4v) is 6.01. The van der Waals surface area contributed by atoms with E-state index in [0.29, 0.717) is 47.9 Å². The summed E-state index contributed by atoms with van der Waals surface area (Å²) in [6.07, 6.45) is 1.97. The quantitative estimate of drug-likeness (QED) is 0.0516. The van der Waals surface area contributed by atoms with Crippen molar-refractivity contribution >= 4 is 0 Å². The highest BCUT2D eigenvalue weighted by Gasteiger charge is 2.20. The first-order valence-electron chi connectivity index (χ1n) is 16.9. The van der Waals surface area contributed by atoms with Gasteiger partial charge in [-0.3, -0.25) is 0 Å². The van der Waals surface area contributed by atoms with E-state index in [4.69, 9.17) is 9.47 Å². The van der Waals surface area contributed by atoms with Gasteiger partial charge in [0.2, 0.25) is 5.75 Å². The number of phenols is 10. The first kappa shape index (κ1) is 36.7. The van der Waals surface area contributed by atoms with Gasteiger partial charge in [-0.2, -0.15) is 0 Å². The third-order valence-electron chi connectivity index (χ3n) is 8.88. The highest BCUT2D eigenvalue weighted by atomic mass is 16.5. The summed E-state index contributed by atoms with van der Waals surface area (Å²) in [7, 11) is 0. The van der Waals surface area contributed by atoms with Gasteiger partial charge < -0.3 is 60.5 Å². The fraction of sp³-hybridized carbons (Fsp3) is 0.143. The van der Waals surface area contributed by atoms with Gasteiger partial charge >= 0.3 is 0 Å². The van der Waals surface area contributed by atoms with E-state index >= 15 is 0 Å². The van der Waals surface area contributed by atoms with Crippen LogP contribution in [-0.4, -0.2) is 51.1 Å². The predicted octanol–water partition coefficient (Wildman–Crippen LogP) is 7.68. The molecule has 0 amide bonds. The molecule has 0 saturated carbocycles. The van der Waals surface area contributed by atoms with Crippen molar-refractivity contribution < 1.29 is 60.5 Å². The van der Waals surface area contributed by atoms with Crippen molar-refractivity contribution in [2.75, 3.05) is 0 Å². The lowest BCUT2D eigenvalue weighted by atomic mass is 10.0. The number of aromatic hydroxyl groups is 10. The van der Waals surface area contributed by atoms with Gasteiger partial charge in [0.15, 0.2) is 51.7 Å². The second kappa shape index (κ2) is 15.7. The summed E-state index contributed by atoms with van der Waals surface area (Å²) in [6.45, 7) is 0. The van der Waals surface area contributed by atoms with Crippen LogP contribution in [0.1, 0.15) is 33.4 Å². The fourth-order valence-electron chi connectivity index (χ4n) is 6.01. The molecule has 0 spiro atoms. The van der Waals surface area contributed by atoms with Gasteiger partial charge in [0.25, 0.3) is 0 Å². The van der Waals surface area contributed by atoms with Crippen LogP contribution in [0, 0.1) is 0 Å². The number of phenolic OH excluding ortho intramolecular Hbond substituents is 10. The second-order valence-corrected chi connectivity index (χ2v) is 12.9. The lowest BCUT2D eigenvalue weighted by Crippen LogP contribution is -1.98. The minimum Gasteiger partial charge on any atom is -0.508 e. The molecule has 0 unspecified atom stereocenters. The molecule has 0 fully saturated rings. The van der Waals surface area contributed by atoms with Crippen LogP contribution in [0.4, 0.5) is 0 Å². The van der Waals surface area contributed by atoms with E-state index in [1.165, 1.54) is 36.4 Å². The molecule has 10 N–H and O–H groups in total. The van der Waals surface area contributed by atoms with Crippen molar-refractivity contribution in [3.8, 4) is 80.5 Å². The number of hydrogen-bond donors (Lipinski definition) is 10. The van der Waals surface area contributed by atoms with Gasteiger partial charge in [0.05, 0.1) is 0 Å². The predicted molar refractivity (Wildman–Crippen MR) is 198 cm³/mol. The van der Waals surface area contributed by atoms with Crippen molar-refractivity contribution in [2.45, 2.75) is 38.5 Å². The molecule has 0 atom stereocenters. The minimum absolute atomic E-state index is 0.101. The Balaban J connectivity index is 1.32. The Morgan fingerprint density at radius 1 is 0.315 bits per heavy atom. The van der Waals surface area contributed by atoms with Crippen molar-refractivity contribution in [3.63, 3.8) is 0 Å². The Labute approximate surface area is 309 Å². The summed E-state index contributed by atoms with van der Waals surface area (Å²) in [4.78, 5) is 0. The Morgan fingerprint density at radius 2 is 0.722 bits per heavy atom. The van der Waals surface area contributed by atoms with E-state index in [0.717, 1.165) is 23.3 Å². The maximum absolute atomic E-state index is 11.5. The molecule has 278 valence electrons. The summed E-state index contributed by atoms with van der Waals surface area (Å²) in [5.74, 6) is -3.75.